The highest BCUT2D eigenvalue weighted by molar-refractivity contribution is 5.51. The van der Waals surface area contributed by atoms with Gasteiger partial charge in [0.05, 0.1) is 0 Å². The van der Waals surface area contributed by atoms with E-state index in [1.165, 1.54) is 22.3 Å². The van der Waals surface area contributed by atoms with Crippen LogP contribution in [-0.4, -0.2) is 19.1 Å². The van der Waals surface area contributed by atoms with Gasteiger partial charge in [-0.1, -0.05) is 24.3 Å². The molecule has 1 aromatic carbocycles. The Kier molecular flexibility index (Phi) is 4.97. The van der Waals surface area contributed by atoms with Gasteiger partial charge < -0.3 is 10.2 Å². The van der Waals surface area contributed by atoms with Gasteiger partial charge in [0, 0.05) is 31.4 Å². The van der Waals surface area contributed by atoms with Gasteiger partial charge in [-0.3, -0.25) is 0 Å². The molecule has 21 heavy (non-hydrogen) atoms. The summed E-state index contributed by atoms with van der Waals surface area (Å²) >= 11 is 0. The molecule has 2 aromatic rings. The van der Waals surface area contributed by atoms with Crippen molar-refractivity contribution >= 4 is 5.82 Å². The average molecular weight is 283 g/mol. The zero-order valence-corrected chi connectivity index (χ0v) is 13.7. The predicted octanol–water partition coefficient (Wildman–Crippen LogP) is 3.36. The minimum absolute atomic E-state index is 0.840. The minimum Gasteiger partial charge on any atom is -0.355 e. The molecule has 0 saturated heterocycles. The van der Waals surface area contributed by atoms with Gasteiger partial charge >= 0.3 is 0 Å². The standard InChI is InChI=1S/C18H25N3/c1-13-8-6-7-9-16(13)12-21(5)18-17(11-19-4)14(2)10-15(3)20-18/h6-10,19H,11-12H2,1-5H3. The summed E-state index contributed by atoms with van der Waals surface area (Å²) in [5.41, 5.74) is 6.31. The third-order valence-corrected chi connectivity index (χ3v) is 3.84. The second kappa shape index (κ2) is 6.72. The second-order valence-corrected chi connectivity index (χ2v) is 5.70. The first-order chi connectivity index (χ1) is 10.0. The highest BCUT2D eigenvalue weighted by Crippen LogP contribution is 2.23. The van der Waals surface area contributed by atoms with E-state index in [1.807, 2.05) is 7.05 Å². The SMILES string of the molecule is CNCc1c(C)cc(C)nc1N(C)Cc1ccccc1C. The zero-order chi connectivity index (χ0) is 15.4. The van der Waals surface area contributed by atoms with Crippen LogP contribution in [-0.2, 0) is 13.1 Å². The lowest BCUT2D eigenvalue weighted by molar-refractivity contribution is 0.786. The number of rotatable bonds is 5. The van der Waals surface area contributed by atoms with Crippen molar-refractivity contribution in [1.29, 1.82) is 0 Å². The molecule has 2 rings (SSSR count). The summed E-state index contributed by atoms with van der Waals surface area (Å²) in [6.07, 6.45) is 0. The maximum atomic E-state index is 4.76. The molecule has 0 unspecified atom stereocenters. The monoisotopic (exact) mass is 283 g/mol. The highest BCUT2D eigenvalue weighted by Gasteiger charge is 2.13. The fourth-order valence-corrected chi connectivity index (χ4v) is 2.67. The maximum absolute atomic E-state index is 4.76. The topological polar surface area (TPSA) is 28.2 Å². The summed E-state index contributed by atoms with van der Waals surface area (Å²) in [6.45, 7) is 8.09. The molecule has 1 aromatic heterocycles. The van der Waals surface area contributed by atoms with E-state index in [-0.39, 0.29) is 0 Å². The van der Waals surface area contributed by atoms with Crippen LogP contribution in [0.25, 0.3) is 0 Å². The first-order valence-corrected chi connectivity index (χ1v) is 7.40. The van der Waals surface area contributed by atoms with Gasteiger partial charge in [-0.05, 0) is 50.6 Å². The van der Waals surface area contributed by atoms with E-state index < -0.39 is 0 Å². The van der Waals surface area contributed by atoms with E-state index in [0.29, 0.717) is 0 Å². The number of pyridine rings is 1. The van der Waals surface area contributed by atoms with Crippen LogP contribution in [0.15, 0.2) is 30.3 Å². The van der Waals surface area contributed by atoms with Crippen LogP contribution in [0, 0.1) is 20.8 Å². The first-order valence-electron chi connectivity index (χ1n) is 7.40. The van der Waals surface area contributed by atoms with Crippen molar-refractivity contribution in [2.24, 2.45) is 0 Å². The normalized spacial score (nSPS) is 10.7. The smallest absolute Gasteiger partial charge is 0.133 e. The number of aromatic nitrogens is 1. The van der Waals surface area contributed by atoms with E-state index in [4.69, 9.17) is 4.98 Å². The largest absolute Gasteiger partial charge is 0.355 e. The molecule has 112 valence electrons. The van der Waals surface area contributed by atoms with Crippen LogP contribution in [0.2, 0.25) is 0 Å². The Morgan fingerprint density at radius 3 is 2.48 bits per heavy atom. The van der Waals surface area contributed by atoms with Gasteiger partial charge in [0.2, 0.25) is 0 Å². The first kappa shape index (κ1) is 15.5. The summed E-state index contributed by atoms with van der Waals surface area (Å²) in [6, 6.07) is 10.7. The Morgan fingerprint density at radius 2 is 1.81 bits per heavy atom. The molecule has 3 heteroatoms. The second-order valence-electron chi connectivity index (χ2n) is 5.70. The molecule has 0 saturated carbocycles. The third kappa shape index (κ3) is 3.61. The van der Waals surface area contributed by atoms with Crippen LogP contribution < -0.4 is 10.2 Å². The number of nitrogens with one attached hydrogen (secondary N) is 1. The molecular formula is C18H25N3. The Bertz CT molecular complexity index is 620. The van der Waals surface area contributed by atoms with Crippen molar-refractivity contribution in [3.63, 3.8) is 0 Å². The Balaban J connectivity index is 2.34. The predicted molar refractivity (Wildman–Crippen MR) is 89.8 cm³/mol. The van der Waals surface area contributed by atoms with Crippen molar-refractivity contribution in [3.05, 3.63) is 58.3 Å². The van der Waals surface area contributed by atoms with Crippen LogP contribution in [0.5, 0.6) is 0 Å². The quantitative estimate of drug-likeness (QED) is 0.912. The molecule has 0 amide bonds. The van der Waals surface area contributed by atoms with Crippen LogP contribution in [0.1, 0.15) is 27.9 Å². The lowest BCUT2D eigenvalue weighted by Crippen LogP contribution is -2.22. The van der Waals surface area contributed by atoms with Gasteiger partial charge in [0.15, 0.2) is 0 Å². The fourth-order valence-electron chi connectivity index (χ4n) is 2.67. The average Bonchev–Trinajstić information content (AvgIpc) is 2.44. The summed E-state index contributed by atoms with van der Waals surface area (Å²) < 4.78 is 0. The number of benzene rings is 1. The molecule has 0 fully saturated rings. The van der Waals surface area contributed by atoms with Gasteiger partial charge in [0.25, 0.3) is 0 Å². The third-order valence-electron chi connectivity index (χ3n) is 3.84. The molecule has 0 aliphatic heterocycles. The van der Waals surface area contributed by atoms with Crippen LogP contribution >= 0.6 is 0 Å². The van der Waals surface area contributed by atoms with Gasteiger partial charge in [0.1, 0.15) is 5.82 Å². The van der Waals surface area contributed by atoms with E-state index in [0.717, 1.165) is 24.6 Å². The molecule has 0 aliphatic rings. The Labute approximate surface area is 128 Å². The van der Waals surface area contributed by atoms with Crippen molar-refractivity contribution < 1.29 is 0 Å². The summed E-state index contributed by atoms with van der Waals surface area (Å²) in [5, 5.41) is 3.25. The lowest BCUT2D eigenvalue weighted by Gasteiger charge is -2.24. The fraction of sp³-hybridized carbons (Fsp3) is 0.389. The Morgan fingerprint density at radius 1 is 1.10 bits per heavy atom. The molecule has 0 radical (unpaired) electrons. The number of nitrogens with zero attached hydrogens (tertiary/aromatic N) is 2. The molecule has 0 atom stereocenters. The minimum atomic E-state index is 0.840. The highest BCUT2D eigenvalue weighted by atomic mass is 15.2. The molecule has 0 aliphatic carbocycles. The molecule has 1 N–H and O–H groups in total. The number of aryl methyl sites for hydroxylation is 3. The maximum Gasteiger partial charge on any atom is 0.133 e. The summed E-state index contributed by atoms with van der Waals surface area (Å²) in [5.74, 6) is 1.07. The van der Waals surface area contributed by atoms with Crippen molar-refractivity contribution in [3.8, 4) is 0 Å². The molecule has 1 heterocycles. The van der Waals surface area contributed by atoms with E-state index in [9.17, 15) is 0 Å². The molecule has 3 nitrogen and oxygen atoms in total. The summed E-state index contributed by atoms with van der Waals surface area (Å²) in [7, 11) is 4.09. The molecule has 0 bridgehead atoms. The van der Waals surface area contributed by atoms with Gasteiger partial charge in [-0.25, -0.2) is 4.98 Å². The van der Waals surface area contributed by atoms with E-state index >= 15 is 0 Å². The van der Waals surface area contributed by atoms with Crippen molar-refractivity contribution in [2.45, 2.75) is 33.9 Å². The summed E-state index contributed by atoms with van der Waals surface area (Å²) in [4.78, 5) is 7.01. The van der Waals surface area contributed by atoms with Gasteiger partial charge in [-0.15, -0.1) is 0 Å². The number of hydrogen-bond donors (Lipinski definition) is 1. The number of hydrogen-bond acceptors (Lipinski definition) is 3. The zero-order valence-electron chi connectivity index (χ0n) is 13.7. The van der Waals surface area contributed by atoms with E-state index in [2.05, 4.69) is 68.4 Å². The van der Waals surface area contributed by atoms with Crippen LogP contribution in [0.3, 0.4) is 0 Å². The molecular weight excluding hydrogens is 258 g/mol. The van der Waals surface area contributed by atoms with Crippen LogP contribution in [0.4, 0.5) is 5.82 Å². The number of anilines is 1. The van der Waals surface area contributed by atoms with E-state index in [1.54, 1.807) is 0 Å². The lowest BCUT2D eigenvalue weighted by atomic mass is 10.1. The Hall–Kier alpha value is -1.87. The van der Waals surface area contributed by atoms with Crippen molar-refractivity contribution in [1.82, 2.24) is 10.3 Å². The molecule has 0 spiro atoms. The van der Waals surface area contributed by atoms with Crippen molar-refractivity contribution in [2.75, 3.05) is 19.0 Å². The van der Waals surface area contributed by atoms with Gasteiger partial charge in [-0.2, -0.15) is 0 Å².